The SMILES string of the molecule is Cc1ncn(-c2ccc(Nc3cc(-c4nocc4-c4cccnc4)ccn3)cc2)n1. The number of aryl methyl sites for hydroxylation is 1. The van der Waals surface area contributed by atoms with Gasteiger partial charge in [0, 0.05) is 35.4 Å². The number of rotatable bonds is 5. The fraction of sp³-hybridized carbons (Fsp3) is 0.0455. The Hall–Kier alpha value is -4.33. The van der Waals surface area contributed by atoms with E-state index in [4.69, 9.17) is 4.52 Å². The van der Waals surface area contributed by atoms with Gasteiger partial charge in [-0.3, -0.25) is 4.98 Å². The number of hydrogen-bond acceptors (Lipinski definition) is 7. The highest BCUT2D eigenvalue weighted by Crippen LogP contribution is 2.31. The minimum atomic E-state index is 0.706. The highest BCUT2D eigenvalue weighted by molar-refractivity contribution is 5.80. The highest BCUT2D eigenvalue weighted by atomic mass is 16.5. The van der Waals surface area contributed by atoms with Gasteiger partial charge < -0.3 is 9.84 Å². The van der Waals surface area contributed by atoms with Crippen LogP contribution in [0.25, 0.3) is 28.1 Å². The number of hydrogen-bond donors (Lipinski definition) is 1. The molecule has 5 rings (SSSR count). The van der Waals surface area contributed by atoms with Gasteiger partial charge in [0.05, 0.1) is 11.3 Å². The van der Waals surface area contributed by atoms with E-state index in [0.717, 1.165) is 39.6 Å². The number of nitrogens with zero attached hydrogens (tertiary/aromatic N) is 6. The van der Waals surface area contributed by atoms with E-state index in [1.165, 1.54) is 0 Å². The lowest BCUT2D eigenvalue weighted by Crippen LogP contribution is -1.97. The first-order chi connectivity index (χ1) is 14.8. The molecule has 0 saturated carbocycles. The molecule has 0 aliphatic rings. The third-order valence-corrected chi connectivity index (χ3v) is 4.59. The van der Waals surface area contributed by atoms with E-state index in [9.17, 15) is 0 Å². The standard InChI is InChI=1S/C22H17N7O/c1-15-25-14-29(27-15)19-6-4-18(5-7-19)26-21-11-16(8-10-24-21)22-20(13-30-28-22)17-3-2-9-23-12-17/h2-14H,1H3,(H,24,26). The van der Waals surface area contributed by atoms with Gasteiger partial charge in [-0.1, -0.05) is 11.2 Å². The van der Waals surface area contributed by atoms with Crippen LogP contribution in [0.3, 0.4) is 0 Å². The molecule has 0 fully saturated rings. The van der Waals surface area contributed by atoms with Gasteiger partial charge in [-0.15, -0.1) is 0 Å². The molecule has 0 bridgehead atoms. The van der Waals surface area contributed by atoms with Gasteiger partial charge in [0.25, 0.3) is 0 Å². The third kappa shape index (κ3) is 3.53. The second kappa shape index (κ2) is 7.59. The van der Waals surface area contributed by atoms with Crippen molar-refractivity contribution in [1.82, 2.24) is 29.9 Å². The largest absolute Gasteiger partial charge is 0.363 e. The van der Waals surface area contributed by atoms with Crippen molar-refractivity contribution in [3.8, 4) is 28.1 Å². The van der Waals surface area contributed by atoms with Crippen LogP contribution in [0.15, 0.2) is 84.2 Å². The number of anilines is 2. The molecule has 0 radical (unpaired) electrons. The summed E-state index contributed by atoms with van der Waals surface area (Å²) in [4.78, 5) is 12.8. The summed E-state index contributed by atoms with van der Waals surface area (Å²) in [5, 5.41) is 11.8. The van der Waals surface area contributed by atoms with Crippen LogP contribution in [0, 0.1) is 6.92 Å². The van der Waals surface area contributed by atoms with Gasteiger partial charge >= 0.3 is 0 Å². The fourth-order valence-corrected chi connectivity index (χ4v) is 3.13. The van der Waals surface area contributed by atoms with Crippen molar-refractivity contribution in [2.24, 2.45) is 0 Å². The van der Waals surface area contributed by atoms with Crippen molar-refractivity contribution in [2.75, 3.05) is 5.32 Å². The van der Waals surface area contributed by atoms with Gasteiger partial charge in [-0.25, -0.2) is 14.6 Å². The van der Waals surface area contributed by atoms with E-state index >= 15 is 0 Å². The molecular formula is C22H17N7O. The van der Waals surface area contributed by atoms with Crippen molar-refractivity contribution in [2.45, 2.75) is 6.92 Å². The lowest BCUT2D eigenvalue weighted by Gasteiger charge is -2.08. The predicted octanol–water partition coefficient (Wildman–Crippen LogP) is 4.43. The lowest BCUT2D eigenvalue weighted by atomic mass is 10.0. The zero-order chi connectivity index (χ0) is 20.3. The maximum absolute atomic E-state index is 5.24. The van der Waals surface area contributed by atoms with Crippen molar-refractivity contribution < 1.29 is 4.52 Å². The van der Waals surface area contributed by atoms with Crippen molar-refractivity contribution >= 4 is 11.5 Å². The Morgan fingerprint density at radius 1 is 0.967 bits per heavy atom. The fourth-order valence-electron chi connectivity index (χ4n) is 3.13. The molecule has 0 unspecified atom stereocenters. The Kier molecular flexibility index (Phi) is 4.49. The van der Waals surface area contributed by atoms with Crippen LogP contribution in [0.4, 0.5) is 11.5 Å². The topological polar surface area (TPSA) is 94.6 Å². The molecule has 8 heteroatoms. The zero-order valence-electron chi connectivity index (χ0n) is 16.1. The van der Waals surface area contributed by atoms with Gasteiger partial charge in [0.1, 0.15) is 29.9 Å². The van der Waals surface area contributed by atoms with Crippen LogP contribution < -0.4 is 5.32 Å². The summed E-state index contributed by atoms with van der Waals surface area (Å²) in [5.41, 5.74) is 5.31. The molecule has 4 heterocycles. The molecule has 1 aromatic carbocycles. The molecule has 30 heavy (non-hydrogen) atoms. The predicted molar refractivity (Wildman–Crippen MR) is 112 cm³/mol. The minimum absolute atomic E-state index is 0.706. The van der Waals surface area contributed by atoms with E-state index in [-0.39, 0.29) is 0 Å². The summed E-state index contributed by atoms with van der Waals surface area (Å²) in [6.45, 7) is 1.86. The molecule has 1 N–H and O–H groups in total. The Morgan fingerprint density at radius 2 is 1.87 bits per heavy atom. The second-order valence-corrected chi connectivity index (χ2v) is 6.66. The first-order valence-corrected chi connectivity index (χ1v) is 9.33. The molecule has 0 atom stereocenters. The van der Waals surface area contributed by atoms with E-state index < -0.39 is 0 Å². The summed E-state index contributed by atoms with van der Waals surface area (Å²) in [6, 6.07) is 15.6. The quantitative estimate of drug-likeness (QED) is 0.470. The van der Waals surface area contributed by atoms with Crippen LogP contribution in [-0.2, 0) is 0 Å². The highest BCUT2D eigenvalue weighted by Gasteiger charge is 2.13. The molecule has 0 saturated heterocycles. The summed E-state index contributed by atoms with van der Waals surface area (Å²) < 4.78 is 6.98. The van der Waals surface area contributed by atoms with E-state index in [0.29, 0.717) is 5.82 Å². The maximum atomic E-state index is 5.24. The molecule has 146 valence electrons. The second-order valence-electron chi connectivity index (χ2n) is 6.66. The van der Waals surface area contributed by atoms with Crippen LogP contribution in [0.2, 0.25) is 0 Å². The monoisotopic (exact) mass is 395 g/mol. The number of nitrogens with one attached hydrogen (secondary N) is 1. The van der Waals surface area contributed by atoms with Gasteiger partial charge in [0.2, 0.25) is 0 Å². The zero-order valence-corrected chi connectivity index (χ0v) is 16.1. The van der Waals surface area contributed by atoms with Gasteiger partial charge in [-0.05, 0) is 49.4 Å². The molecule has 4 aromatic heterocycles. The molecule has 0 aliphatic carbocycles. The number of pyridine rings is 2. The van der Waals surface area contributed by atoms with E-state index in [1.54, 1.807) is 35.9 Å². The van der Waals surface area contributed by atoms with Crippen LogP contribution >= 0.6 is 0 Å². The average Bonchev–Trinajstić information content (AvgIpc) is 3.45. The van der Waals surface area contributed by atoms with Crippen molar-refractivity contribution in [3.63, 3.8) is 0 Å². The number of benzene rings is 1. The Morgan fingerprint density at radius 3 is 2.63 bits per heavy atom. The number of aromatic nitrogens is 6. The van der Waals surface area contributed by atoms with E-state index in [1.807, 2.05) is 55.5 Å². The first-order valence-electron chi connectivity index (χ1n) is 9.33. The summed E-state index contributed by atoms with van der Waals surface area (Å²) >= 11 is 0. The summed E-state index contributed by atoms with van der Waals surface area (Å²) in [7, 11) is 0. The summed E-state index contributed by atoms with van der Waals surface area (Å²) in [6.07, 6.45) is 8.59. The molecule has 0 spiro atoms. The van der Waals surface area contributed by atoms with Gasteiger partial charge in [-0.2, -0.15) is 5.10 Å². The van der Waals surface area contributed by atoms with Crippen LogP contribution in [-0.4, -0.2) is 29.9 Å². The maximum Gasteiger partial charge on any atom is 0.147 e. The lowest BCUT2D eigenvalue weighted by molar-refractivity contribution is 0.422. The Bertz CT molecular complexity index is 1280. The molecular weight excluding hydrogens is 378 g/mol. The minimum Gasteiger partial charge on any atom is -0.363 e. The molecule has 0 aliphatic heterocycles. The average molecular weight is 395 g/mol. The third-order valence-electron chi connectivity index (χ3n) is 4.59. The molecule has 0 amide bonds. The molecule has 8 nitrogen and oxygen atoms in total. The first kappa shape index (κ1) is 17.7. The van der Waals surface area contributed by atoms with Crippen LogP contribution in [0.5, 0.6) is 0 Å². The van der Waals surface area contributed by atoms with Crippen molar-refractivity contribution in [1.29, 1.82) is 0 Å². The van der Waals surface area contributed by atoms with E-state index in [2.05, 4.69) is 30.5 Å². The summed E-state index contributed by atoms with van der Waals surface area (Å²) in [5.74, 6) is 1.44. The van der Waals surface area contributed by atoms with Crippen molar-refractivity contribution in [3.05, 3.63) is 85.5 Å². The normalized spacial score (nSPS) is 10.8. The Labute approximate surface area is 172 Å². The Balaban J connectivity index is 1.39. The smallest absolute Gasteiger partial charge is 0.147 e. The van der Waals surface area contributed by atoms with Crippen LogP contribution in [0.1, 0.15) is 5.82 Å². The molecule has 5 aromatic rings. The van der Waals surface area contributed by atoms with Gasteiger partial charge in [0.15, 0.2) is 0 Å².